The summed E-state index contributed by atoms with van der Waals surface area (Å²) in [5.74, 6) is 0. The highest BCUT2D eigenvalue weighted by Crippen LogP contribution is 2.26. The molecule has 0 saturated carbocycles. The maximum Gasteiger partial charge on any atom is 0.0671 e. The van der Waals surface area contributed by atoms with Crippen molar-refractivity contribution >= 4 is 0 Å². The fourth-order valence-electron chi connectivity index (χ4n) is 2.41. The molecule has 0 saturated heterocycles. The summed E-state index contributed by atoms with van der Waals surface area (Å²) in [6.07, 6.45) is 3.17. The molecule has 1 aromatic carbocycles. The first-order valence-electron chi connectivity index (χ1n) is 6.43. The first kappa shape index (κ1) is 12.8. The number of aromatic nitrogens is 2. The monoisotopic (exact) mass is 243 g/mol. The lowest BCUT2D eigenvalue weighted by atomic mass is 9.99. The molecule has 0 spiro atoms. The molecule has 0 amide bonds. The van der Waals surface area contributed by atoms with Gasteiger partial charge in [0.15, 0.2) is 0 Å². The van der Waals surface area contributed by atoms with Gasteiger partial charge < -0.3 is 5.32 Å². The van der Waals surface area contributed by atoms with Gasteiger partial charge in [0.2, 0.25) is 0 Å². The van der Waals surface area contributed by atoms with Crippen molar-refractivity contribution in [2.45, 2.75) is 26.3 Å². The van der Waals surface area contributed by atoms with Crippen molar-refractivity contribution in [3.63, 3.8) is 0 Å². The van der Waals surface area contributed by atoms with Gasteiger partial charge in [-0.2, -0.15) is 5.10 Å². The molecule has 1 N–H and O–H groups in total. The van der Waals surface area contributed by atoms with Gasteiger partial charge in [0.05, 0.1) is 5.69 Å². The standard InChI is InChI=1S/C15H21N3/c1-5-15(16-3)13-8-6-7-12(9-13)14-10-18(4)17-11(14)2/h6-10,15-16H,5H2,1-4H3. The molecule has 3 nitrogen and oxygen atoms in total. The largest absolute Gasteiger partial charge is 0.313 e. The van der Waals surface area contributed by atoms with Crippen molar-refractivity contribution < 1.29 is 0 Å². The fourth-order valence-corrected chi connectivity index (χ4v) is 2.41. The summed E-state index contributed by atoms with van der Waals surface area (Å²) in [6, 6.07) is 9.13. The zero-order valence-electron chi connectivity index (χ0n) is 11.6. The Morgan fingerprint density at radius 2 is 2.17 bits per heavy atom. The van der Waals surface area contributed by atoms with Crippen molar-refractivity contribution in [3.05, 3.63) is 41.7 Å². The Morgan fingerprint density at radius 3 is 2.72 bits per heavy atom. The predicted octanol–water partition coefficient (Wildman–Crippen LogP) is 3.07. The van der Waals surface area contributed by atoms with E-state index in [1.165, 1.54) is 16.7 Å². The minimum absolute atomic E-state index is 0.418. The smallest absolute Gasteiger partial charge is 0.0671 e. The van der Waals surface area contributed by atoms with Gasteiger partial charge in [-0.1, -0.05) is 25.1 Å². The molecule has 2 aromatic rings. The van der Waals surface area contributed by atoms with Crippen molar-refractivity contribution in [2.24, 2.45) is 7.05 Å². The van der Waals surface area contributed by atoms with Gasteiger partial charge in [-0.25, -0.2) is 0 Å². The van der Waals surface area contributed by atoms with E-state index in [4.69, 9.17) is 0 Å². The van der Waals surface area contributed by atoms with E-state index in [2.05, 4.69) is 54.7 Å². The van der Waals surface area contributed by atoms with E-state index in [1.807, 2.05) is 18.8 Å². The summed E-state index contributed by atoms with van der Waals surface area (Å²) >= 11 is 0. The average Bonchev–Trinajstić information content (AvgIpc) is 2.70. The third kappa shape index (κ3) is 2.46. The Bertz CT molecular complexity index is 524. The Labute approximate surface area is 109 Å². The summed E-state index contributed by atoms with van der Waals surface area (Å²) in [5.41, 5.74) is 4.87. The number of hydrogen-bond donors (Lipinski definition) is 1. The number of nitrogens with one attached hydrogen (secondary N) is 1. The van der Waals surface area contributed by atoms with Crippen LogP contribution in [0, 0.1) is 6.92 Å². The molecule has 0 radical (unpaired) electrons. The number of rotatable bonds is 4. The first-order valence-corrected chi connectivity index (χ1v) is 6.43. The summed E-state index contributed by atoms with van der Waals surface area (Å²) in [7, 11) is 3.97. The molecular weight excluding hydrogens is 222 g/mol. The van der Waals surface area contributed by atoms with Crippen molar-refractivity contribution in [3.8, 4) is 11.1 Å². The van der Waals surface area contributed by atoms with E-state index in [-0.39, 0.29) is 0 Å². The quantitative estimate of drug-likeness (QED) is 0.894. The van der Waals surface area contributed by atoms with Crippen LogP contribution in [0.2, 0.25) is 0 Å². The van der Waals surface area contributed by atoms with E-state index in [0.29, 0.717) is 6.04 Å². The first-order chi connectivity index (χ1) is 8.65. The summed E-state index contributed by atoms with van der Waals surface area (Å²) in [4.78, 5) is 0. The van der Waals surface area contributed by atoms with Gasteiger partial charge in [0.25, 0.3) is 0 Å². The lowest BCUT2D eigenvalue weighted by Gasteiger charge is -2.15. The minimum atomic E-state index is 0.418. The van der Waals surface area contributed by atoms with Crippen LogP contribution in [0.4, 0.5) is 0 Å². The molecule has 0 fully saturated rings. The molecule has 0 aliphatic rings. The SMILES string of the molecule is CCC(NC)c1cccc(-c2cn(C)nc2C)c1. The topological polar surface area (TPSA) is 29.9 Å². The van der Waals surface area contributed by atoms with E-state index >= 15 is 0 Å². The average molecular weight is 243 g/mol. The summed E-state index contributed by atoms with van der Waals surface area (Å²) < 4.78 is 1.87. The third-order valence-corrected chi connectivity index (χ3v) is 3.37. The van der Waals surface area contributed by atoms with E-state index in [1.54, 1.807) is 0 Å². The van der Waals surface area contributed by atoms with Crippen LogP contribution < -0.4 is 5.32 Å². The lowest BCUT2D eigenvalue weighted by molar-refractivity contribution is 0.577. The van der Waals surface area contributed by atoms with Crippen LogP contribution >= 0.6 is 0 Å². The van der Waals surface area contributed by atoms with E-state index in [0.717, 1.165) is 12.1 Å². The molecular formula is C15H21N3. The molecule has 18 heavy (non-hydrogen) atoms. The number of benzene rings is 1. The molecule has 0 aliphatic carbocycles. The van der Waals surface area contributed by atoms with Gasteiger partial charge in [0, 0.05) is 24.8 Å². The van der Waals surface area contributed by atoms with Crippen molar-refractivity contribution in [1.29, 1.82) is 0 Å². The van der Waals surface area contributed by atoms with Gasteiger partial charge >= 0.3 is 0 Å². The number of nitrogens with zero attached hydrogens (tertiary/aromatic N) is 2. The second-order valence-electron chi connectivity index (χ2n) is 4.68. The molecule has 1 heterocycles. The zero-order chi connectivity index (χ0) is 13.1. The van der Waals surface area contributed by atoms with Crippen LogP contribution in [-0.4, -0.2) is 16.8 Å². The Balaban J connectivity index is 2.41. The maximum atomic E-state index is 4.40. The van der Waals surface area contributed by atoms with E-state index in [9.17, 15) is 0 Å². The fraction of sp³-hybridized carbons (Fsp3) is 0.400. The summed E-state index contributed by atoms with van der Waals surface area (Å²) in [5, 5.41) is 7.75. The Kier molecular flexibility index (Phi) is 3.82. The van der Waals surface area contributed by atoms with Crippen LogP contribution in [0.3, 0.4) is 0 Å². The molecule has 1 aromatic heterocycles. The van der Waals surface area contributed by atoms with E-state index < -0.39 is 0 Å². The molecule has 0 aliphatic heterocycles. The van der Waals surface area contributed by atoms with Crippen LogP contribution in [-0.2, 0) is 7.05 Å². The molecule has 2 rings (SSSR count). The highest BCUT2D eigenvalue weighted by Gasteiger charge is 2.10. The second-order valence-corrected chi connectivity index (χ2v) is 4.68. The molecule has 96 valence electrons. The van der Waals surface area contributed by atoms with Gasteiger partial charge in [-0.05, 0) is 37.6 Å². The molecule has 3 heteroatoms. The van der Waals surface area contributed by atoms with Crippen LogP contribution in [0.15, 0.2) is 30.5 Å². The number of aryl methyl sites for hydroxylation is 2. The number of hydrogen-bond acceptors (Lipinski definition) is 2. The highest BCUT2D eigenvalue weighted by molar-refractivity contribution is 5.65. The third-order valence-electron chi connectivity index (χ3n) is 3.37. The van der Waals surface area contributed by atoms with Gasteiger partial charge in [-0.15, -0.1) is 0 Å². The summed E-state index contributed by atoms with van der Waals surface area (Å²) in [6.45, 7) is 4.25. The lowest BCUT2D eigenvalue weighted by Crippen LogP contribution is -2.15. The second kappa shape index (κ2) is 5.36. The van der Waals surface area contributed by atoms with Crippen molar-refractivity contribution in [1.82, 2.24) is 15.1 Å². The molecule has 1 unspecified atom stereocenters. The Morgan fingerprint density at radius 1 is 1.39 bits per heavy atom. The molecule has 0 bridgehead atoms. The predicted molar refractivity (Wildman–Crippen MR) is 75.5 cm³/mol. The normalized spacial score (nSPS) is 12.7. The van der Waals surface area contributed by atoms with Gasteiger partial charge in [0.1, 0.15) is 0 Å². The van der Waals surface area contributed by atoms with Crippen LogP contribution in [0.25, 0.3) is 11.1 Å². The zero-order valence-corrected chi connectivity index (χ0v) is 11.6. The molecule has 1 atom stereocenters. The van der Waals surface area contributed by atoms with Crippen LogP contribution in [0.5, 0.6) is 0 Å². The Hall–Kier alpha value is -1.61. The maximum absolute atomic E-state index is 4.40. The minimum Gasteiger partial charge on any atom is -0.313 e. The van der Waals surface area contributed by atoms with Crippen LogP contribution in [0.1, 0.15) is 30.6 Å². The van der Waals surface area contributed by atoms with Gasteiger partial charge in [-0.3, -0.25) is 4.68 Å². The van der Waals surface area contributed by atoms with Crippen molar-refractivity contribution in [2.75, 3.05) is 7.05 Å². The highest BCUT2D eigenvalue weighted by atomic mass is 15.2.